The summed E-state index contributed by atoms with van der Waals surface area (Å²) < 4.78 is 55.5. The summed E-state index contributed by atoms with van der Waals surface area (Å²) in [6.07, 6.45) is 4.28. The Labute approximate surface area is 190 Å². The third-order valence-electron chi connectivity index (χ3n) is 4.94. The molecule has 0 unspecified atom stereocenters. The van der Waals surface area contributed by atoms with E-state index in [1.54, 1.807) is 18.3 Å². The number of carbonyl (C=O) groups is 1. The van der Waals surface area contributed by atoms with Crippen molar-refractivity contribution in [2.75, 3.05) is 5.75 Å². The van der Waals surface area contributed by atoms with Gasteiger partial charge in [0.1, 0.15) is 0 Å². The second-order valence-corrected chi connectivity index (χ2v) is 11.3. The zero-order valence-corrected chi connectivity index (χ0v) is 19.1. The van der Waals surface area contributed by atoms with Crippen molar-refractivity contribution >= 4 is 36.6 Å². The summed E-state index contributed by atoms with van der Waals surface area (Å²) in [5.41, 5.74) is 0.925. The maximum atomic E-state index is 12.9. The first-order chi connectivity index (χ1) is 15.7. The minimum absolute atomic E-state index is 0.0543. The Morgan fingerprint density at radius 3 is 2.45 bits per heavy atom. The van der Waals surface area contributed by atoms with Gasteiger partial charge in [-0.05, 0) is 42.5 Å². The van der Waals surface area contributed by atoms with Crippen molar-refractivity contribution in [2.24, 2.45) is 0 Å². The molecule has 0 aliphatic heterocycles. The van der Waals surface area contributed by atoms with E-state index in [0.29, 0.717) is 11.3 Å². The van der Waals surface area contributed by atoms with Gasteiger partial charge in [-0.3, -0.25) is 14.8 Å². The molecule has 0 spiro atoms. The summed E-state index contributed by atoms with van der Waals surface area (Å²) in [4.78, 5) is 20.1. The number of aromatic nitrogens is 2. The topological polar surface area (TPSA) is 136 Å². The number of furan rings is 1. The summed E-state index contributed by atoms with van der Waals surface area (Å²) >= 11 is 0. The smallest absolute Gasteiger partial charge is 0.287 e. The molecular weight excluding hydrogens is 466 g/mol. The lowest BCUT2D eigenvalue weighted by atomic mass is 10.3. The lowest BCUT2D eigenvalue weighted by molar-refractivity contribution is 0.0924. The van der Waals surface area contributed by atoms with E-state index < -0.39 is 25.6 Å². The third kappa shape index (κ3) is 4.64. The van der Waals surface area contributed by atoms with E-state index in [4.69, 9.17) is 4.42 Å². The number of amides is 1. The van der Waals surface area contributed by atoms with Crippen LogP contribution >= 0.6 is 0 Å². The van der Waals surface area contributed by atoms with Crippen LogP contribution in [-0.4, -0.2) is 38.5 Å². The molecule has 0 saturated carbocycles. The van der Waals surface area contributed by atoms with Gasteiger partial charge in [0, 0.05) is 17.8 Å². The van der Waals surface area contributed by atoms with Crippen LogP contribution in [0.1, 0.15) is 23.2 Å². The number of sulfone groups is 2. The summed E-state index contributed by atoms with van der Waals surface area (Å²) in [7, 11) is -7.52. The molecule has 0 aliphatic rings. The van der Waals surface area contributed by atoms with E-state index in [1.807, 2.05) is 0 Å². The number of rotatable bonds is 7. The molecule has 3 aromatic heterocycles. The fraction of sp³-hybridized carbons (Fsp3) is 0.136. The fourth-order valence-corrected chi connectivity index (χ4v) is 5.32. The minimum atomic E-state index is -3.97. The van der Waals surface area contributed by atoms with Gasteiger partial charge >= 0.3 is 0 Å². The number of nitrogens with zero attached hydrogens (tertiary/aromatic N) is 2. The third-order valence-corrected chi connectivity index (χ3v) is 8.41. The van der Waals surface area contributed by atoms with Crippen LogP contribution in [0, 0.1) is 0 Å². The molecule has 1 N–H and O–H groups in total. The highest BCUT2D eigenvalue weighted by Crippen LogP contribution is 2.23. The van der Waals surface area contributed by atoms with Crippen LogP contribution in [0.2, 0.25) is 0 Å². The molecule has 4 rings (SSSR count). The average molecular weight is 486 g/mol. The molecule has 4 aromatic rings. The predicted octanol–water partition coefficient (Wildman–Crippen LogP) is 2.78. The number of carbonyl (C=O) groups excluding carboxylic acids is 1. The number of fused-ring (bicyclic) bond motifs is 1. The van der Waals surface area contributed by atoms with Gasteiger partial charge in [0.05, 0.1) is 38.9 Å². The molecule has 1 amide bonds. The number of hydrogen-bond donors (Lipinski definition) is 1. The van der Waals surface area contributed by atoms with Crippen LogP contribution in [-0.2, 0) is 26.2 Å². The van der Waals surface area contributed by atoms with Crippen LogP contribution in [0.4, 0.5) is 0 Å². The zero-order chi connectivity index (χ0) is 23.6. The molecule has 0 atom stereocenters. The minimum Gasteiger partial charge on any atom is -0.449 e. The Morgan fingerprint density at radius 1 is 0.970 bits per heavy atom. The van der Waals surface area contributed by atoms with Gasteiger partial charge in [0.15, 0.2) is 21.2 Å². The summed E-state index contributed by atoms with van der Waals surface area (Å²) in [5.74, 6) is -0.457. The Hall–Kier alpha value is -3.57. The normalized spacial score (nSPS) is 12.0. The van der Waals surface area contributed by atoms with E-state index in [2.05, 4.69) is 15.3 Å². The molecule has 0 radical (unpaired) electrons. The van der Waals surface area contributed by atoms with Crippen LogP contribution < -0.4 is 5.32 Å². The molecule has 0 saturated heterocycles. The van der Waals surface area contributed by atoms with Gasteiger partial charge in [0.2, 0.25) is 9.84 Å². The van der Waals surface area contributed by atoms with Crippen molar-refractivity contribution in [2.45, 2.75) is 28.2 Å². The standard InChI is InChI=1S/C22H19N3O6S2/c1-2-32(27,28)17-4-3-5-18(11-17)33(29,30)19-7-6-16(24-13-19)12-25-22(26)20-10-15-8-9-23-14-21(15)31-20/h3-11,13-14H,2,12H2,1H3,(H,25,26). The molecular formula is C22H19N3O6S2. The molecule has 11 heteroatoms. The molecule has 0 bridgehead atoms. The molecule has 1 aromatic carbocycles. The Morgan fingerprint density at radius 2 is 1.76 bits per heavy atom. The van der Waals surface area contributed by atoms with Crippen molar-refractivity contribution in [1.29, 1.82) is 0 Å². The molecule has 0 aliphatic carbocycles. The largest absolute Gasteiger partial charge is 0.449 e. The maximum absolute atomic E-state index is 12.9. The van der Waals surface area contributed by atoms with Crippen molar-refractivity contribution in [1.82, 2.24) is 15.3 Å². The molecule has 0 fully saturated rings. The van der Waals surface area contributed by atoms with E-state index in [9.17, 15) is 21.6 Å². The van der Waals surface area contributed by atoms with Gasteiger partial charge in [-0.15, -0.1) is 0 Å². The van der Waals surface area contributed by atoms with E-state index in [0.717, 1.165) is 11.5 Å². The quantitative estimate of drug-likeness (QED) is 0.422. The lowest BCUT2D eigenvalue weighted by Crippen LogP contribution is -2.22. The van der Waals surface area contributed by atoms with Gasteiger partial charge < -0.3 is 9.73 Å². The second-order valence-electron chi connectivity index (χ2n) is 7.07. The highest BCUT2D eigenvalue weighted by atomic mass is 32.2. The first-order valence-corrected chi connectivity index (χ1v) is 13.0. The summed E-state index contributed by atoms with van der Waals surface area (Å²) in [6, 6.07) is 11.4. The van der Waals surface area contributed by atoms with E-state index in [-0.39, 0.29) is 32.7 Å². The fourth-order valence-electron chi connectivity index (χ4n) is 3.07. The zero-order valence-electron chi connectivity index (χ0n) is 17.4. The summed E-state index contributed by atoms with van der Waals surface area (Å²) in [5, 5.41) is 3.41. The summed E-state index contributed by atoms with van der Waals surface area (Å²) in [6.45, 7) is 1.54. The lowest BCUT2D eigenvalue weighted by Gasteiger charge is -2.08. The molecule has 3 heterocycles. The highest BCUT2D eigenvalue weighted by Gasteiger charge is 2.21. The van der Waals surface area contributed by atoms with E-state index in [1.165, 1.54) is 49.6 Å². The average Bonchev–Trinajstić information content (AvgIpc) is 3.27. The van der Waals surface area contributed by atoms with Crippen LogP contribution in [0.3, 0.4) is 0 Å². The number of benzene rings is 1. The number of pyridine rings is 2. The maximum Gasteiger partial charge on any atom is 0.287 e. The predicted molar refractivity (Wildman–Crippen MR) is 119 cm³/mol. The van der Waals surface area contributed by atoms with Gasteiger partial charge in [-0.1, -0.05) is 13.0 Å². The number of hydrogen-bond acceptors (Lipinski definition) is 8. The van der Waals surface area contributed by atoms with Crippen molar-refractivity contribution < 1.29 is 26.0 Å². The first kappa shape index (κ1) is 22.6. The van der Waals surface area contributed by atoms with Crippen LogP contribution in [0.25, 0.3) is 11.0 Å². The molecule has 9 nitrogen and oxygen atoms in total. The Kier molecular flexibility index (Phi) is 6.00. The highest BCUT2D eigenvalue weighted by molar-refractivity contribution is 7.92. The SMILES string of the molecule is CCS(=O)(=O)c1cccc(S(=O)(=O)c2ccc(CNC(=O)c3cc4ccncc4o3)nc2)c1. The Balaban J connectivity index is 1.48. The van der Waals surface area contributed by atoms with Crippen molar-refractivity contribution in [3.63, 3.8) is 0 Å². The van der Waals surface area contributed by atoms with Crippen molar-refractivity contribution in [3.05, 3.63) is 78.6 Å². The Bertz CT molecular complexity index is 1510. The first-order valence-electron chi connectivity index (χ1n) is 9.85. The van der Waals surface area contributed by atoms with Gasteiger partial charge in [0.25, 0.3) is 5.91 Å². The van der Waals surface area contributed by atoms with Crippen molar-refractivity contribution in [3.8, 4) is 0 Å². The number of nitrogens with one attached hydrogen (secondary N) is 1. The van der Waals surface area contributed by atoms with E-state index >= 15 is 0 Å². The van der Waals surface area contributed by atoms with Gasteiger partial charge in [-0.2, -0.15) is 0 Å². The monoisotopic (exact) mass is 485 g/mol. The second kappa shape index (κ2) is 8.75. The molecule has 170 valence electrons. The molecule has 33 heavy (non-hydrogen) atoms. The van der Waals surface area contributed by atoms with Crippen LogP contribution in [0.5, 0.6) is 0 Å². The van der Waals surface area contributed by atoms with Crippen LogP contribution in [0.15, 0.2) is 86.2 Å². The van der Waals surface area contributed by atoms with Gasteiger partial charge in [-0.25, -0.2) is 16.8 Å².